The Kier molecular flexibility index (Phi) is 13.8. The van der Waals surface area contributed by atoms with Gasteiger partial charge in [-0.1, -0.05) is 6.92 Å². The number of hydrogen-bond acceptors (Lipinski definition) is 9. The van der Waals surface area contributed by atoms with Crippen molar-refractivity contribution in [3.05, 3.63) is 36.3 Å². The maximum atomic E-state index is 14.3. The summed E-state index contributed by atoms with van der Waals surface area (Å²) in [5, 5.41) is 10.0. The highest BCUT2D eigenvalue weighted by Crippen LogP contribution is 2.29. The van der Waals surface area contributed by atoms with Gasteiger partial charge in [0.05, 0.1) is 36.7 Å². The zero-order valence-corrected chi connectivity index (χ0v) is 29.1. The lowest BCUT2D eigenvalue weighted by Crippen LogP contribution is -2.48. The van der Waals surface area contributed by atoms with Crippen LogP contribution in [0.3, 0.4) is 0 Å². The van der Waals surface area contributed by atoms with Crippen molar-refractivity contribution in [2.45, 2.75) is 76.2 Å². The minimum Gasteiger partial charge on any atom is -0.490 e. The second-order valence-corrected chi connectivity index (χ2v) is 14.3. The molecule has 0 fully saturated rings. The van der Waals surface area contributed by atoms with E-state index in [1.807, 2.05) is 32.8 Å². The molecule has 2 aromatic rings. The molecule has 3 rings (SSSR count). The summed E-state index contributed by atoms with van der Waals surface area (Å²) in [5.41, 5.74) is 0.346. The maximum absolute atomic E-state index is 14.3. The van der Waals surface area contributed by atoms with Crippen LogP contribution in [0.2, 0.25) is 0 Å². The van der Waals surface area contributed by atoms with Gasteiger partial charge >= 0.3 is 0 Å². The summed E-state index contributed by atoms with van der Waals surface area (Å²) in [4.78, 5) is 36.5. The van der Waals surface area contributed by atoms with E-state index in [0.717, 1.165) is 25.8 Å². The molecule has 0 saturated carbocycles. The summed E-state index contributed by atoms with van der Waals surface area (Å²) in [7, 11) is 3.39. The predicted octanol–water partition coefficient (Wildman–Crippen LogP) is 2.82. The Hall–Kier alpha value is -3.20. The summed E-state index contributed by atoms with van der Waals surface area (Å²) >= 11 is 0. The maximum Gasteiger partial charge on any atom is 0.280 e. The minimum absolute atomic E-state index is 0.0364. The molecule has 258 valence electrons. The number of aliphatic hydroxyl groups excluding tert-OH is 1. The third kappa shape index (κ3) is 10.7. The number of benzene rings is 1. The number of aliphatic hydroxyl groups is 1. The van der Waals surface area contributed by atoms with E-state index < -0.39 is 22.0 Å². The van der Waals surface area contributed by atoms with E-state index in [2.05, 4.69) is 9.71 Å². The van der Waals surface area contributed by atoms with Gasteiger partial charge in [0.15, 0.2) is 5.03 Å². The third-order valence-electron chi connectivity index (χ3n) is 8.14. The molecule has 0 bridgehead atoms. The van der Waals surface area contributed by atoms with Crippen molar-refractivity contribution < 1.29 is 32.6 Å². The van der Waals surface area contributed by atoms with Gasteiger partial charge in [0.25, 0.3) is 15.9 Å². The molecule has 1 aromatic heterocycles. The number of rotatable bonds is 11. The molecule has 1 aliphatic rings. The number of carbonyl (C=O) groups excluding carboxylic acids is 2. The molecule has 2 amide bonds. The molecular weight excluding hydrogens is 612 g/mol. The molecule has 0 aliphatic carbocycles. The van der Waals surface area contributed by atoms with E-state index in [1.54, 1.807) is 43.0 Å². The number of hydrogen-bond donors (Lipinski definition) is 2. The van der Waals surface area contributed by atoms with E-state index in [9.17, 15) is 23.1 Å². The molecule has 13 nitrogen and oxygen atoms in total. The Morgan fingerprint density at radius 2 is 1.96 bits per heavy atom. The van der Waals surface area contributed by atoms with Crippen LogP contribution in [-0.2, 0) is 26.6 Å². The topological polar surface area (TPSA) is 147 Å². The smallest absolute Gasteiger partial charge is 0.280 e. The number of nitrogens with one attached hydrogen (secondary N) is 1. The van der Waals surface area contributed by atoms with Gasteiger partial charge in [-0.05, 0) is 78.4 Å². The van der Waals surface area contributed by atoms with Crippen LogP contribution >= 0.6 is 0 Å². The third-order valence-corrected chi connectivity index (χ3v) is 9.40. The van der Waals surface area contributed by atoms with Crippen molar-refractivity contribution in [1.82, 2.24) is 24.3 Å². The summed E-state index contributed by atoms with van der Waals surface area (Å²) in [6.45, 7) is 7.29. The molecular formula is C32H52N6O7S. The molecule has 2 N–H and O–H groups in total. The van der Waals surface area contributed by atoms with Crippen molar-refractivity contribution in [3.8, 4) is 5.75 Å². The first-order valence-electron chi connectivity index (χ1n) is 16.0. The molecule has 46 heavy (non-hydrogen) atoms. The van der Waals surface area contributed by atoms with Gasteiger partial charge in [-0.15, -0.1) is 0 Å². The highest BCUT2D eigenvalue weighted by atomic mass is 32.2. The zero-order valence-electron chi connectivity index (χ0n) is 28.3. The molecule has 0 unspecified atom stereocenters. The quantitative estimate of drug-likeness (QED) is 0.370. The second-order valence-electron chi connectivity index (χ2n) is 12.7. The summed E-state index contributed by atoms with van der Waals surface area (Å²) in [6, 6.07) is 4.06. The molecule has 0 saturated heterocycles. The standard InChI is InChI=1S/C32H52N6O7S/c1-23-18-38(24(2)21-39)32(41)27-17-26(34-46(42,43)30-20-36(6)22-33-30)13-14-28(27)45-25(3)11-8-9-16-44-29(23)19-37(7)31(40)12-10-15-35(4)5/h13-14,17,20,22-25,29,34,39H,8-12,15-16,18-19,21H2,1-7H3/t23-,24-,25+,29-/m1/s1. The van der Waals surface area contributed by atoms with Crippen LogP contribution in [0.25, 0.3) is 0 Å². The summed E-state index contributed by atoms with van der Waals surface area (Å²) in [6.07, 6.45) is 5.74. The van der Waals surface area contributed by atoms with Crippen molar-refractivity contribution in [3.63, 3.8) is 0 Å². The van der Waals surface area contributed by atoms with Crippen molar-refractivity contribution in [1.29, 1.82) is 0 Å². The highest BCUT2D eigenvalue weighted by Gasteiger charge is 2.31. The number of ether oxygens (including phenoxy) is 2. The fourth-order valence-electron chi connectivity index (χ4n) is 5.29. The fourth-order valence-corrected chi connectivity index (χ4v) is 6.33. The number of aryl methyl sites for hydroxylation is 1. The van der Waals surface area contributed by atoms with Gasteiger partial charge in [-0.2, -0.15) is 8.42 Å². The van der Waals surface area contributed by atoms with Gasteiger partial charge in [0.1, 0.15) is 5.75 Å². The Morgan fingerprint density at radius 1 is 1.22 bits per heavy atom. The number of fused-ring (bicyclic) bond motifs is 1. The molecule has 0 spiro atoms. The van der Waals surface area contributed by atoms with E-state index in [-0.39, 0.29) is 53.5 Å². The first kappa shape index (κ1) is 37.3. The molecule has 1 aliphatic heterocycles. The lowest BCUT2D eigenvalue weighted by Gasteiger charge is -2.36. The number of aromatic nitrogens is 2. The van der Waals surface area contributed by atoms with Crippen molar-refractivity contribution >= 4 is 27.5 Å². The molecule has 14 heteroatoms. The molecule has 1 aromatic carbocycles. The molecule has 2 heterocycles. The largest absolute Gasteiger partial charge is 0.490 e. The van der Waals surface area contributed by atoms with Gasteiger partial charge in [-0.3, -0.25) is 14.3 Å². The average Bonchev–Trinajstić information content (AvgIpc) is 3.45. The lowest BCUT2D eigenvalue weighted by atomic mass is 10.0. The number of amides is 2. The van der Waals surface area contributed by atoms with Gasteiger partial charge in [0.2, 0.25) is 5.91 Å². The highest BCUT2D eigenvalue weighted by molar-refractivity contribution is 7.92. The number of likely N-dealkylation sites (N-methyl/N-ethyl adjacent to an activating group) is 1. The van der Waals surface area contributed by atoms with Crippen LogP contribution in [0.5, 0.6) is 5.75 Å². The van der Waals surface area contributed by atoms with Gasteiger partial charge in [-0.25, -0.2) is 4.98 Å². The van der Waals surface area contributed by atoms with Crippen LogP contribution in [0.15, 0.2) is 35.7 Å². The molecule has 4 atom stereocenters. The Balaban J connectivity index is 1.93. The predicted molar refractivity (Wildman–Crippen MR) is 176 cm³/mol. The monoisotopic (exact) mass is 664 g/mol. The molecule has 0 radical (unpaired) electrons. The summed E-state index contributed by atoms with van der Waals surface area (Å²) in [5.74, 6) is -0.256. The normalized spacial score (nSPS) is 20.8. The lowest BCUT2D eigenvalue weighted by molar-refractivity contribution is -0.132. The Bertz CT molecular complexity index is 1400. The summed E-state index contributed by atoms with van der Waals surface area (Å²) < 4.78 is 42.7. The van der Waals surface area contributed by atoms with E-state index in [4.69, 9.17) is 9.47 Å². The van der Waals surface area contributed by atoms with Crippen LogP contribution in [0, 0.1) is 5.92 Å². The number of carbonyl (C=O) groups is 2. The van der Waals surface area contributed by atoms with E-state index in [1.165, 1.54) is 23.2 Å². The first-order chi connectivity index (χ1) is 21.7. The van der Waals surface area contributed by atoms with Gasteiger partial charge in [0, 0.05) is 58.0 Å². The first-order valence-corrected chi connectivity index (χ1v) is 17.4. The van der Waals surface area contributed by atoms with E-state index in [0.29, 0.717) is 31.7 Å². The van der Waals surface area contributed by atoms with Crippen LogP contribution in [0.4, 0.5) is 5.69 Å². The zero-order chi connectivity index (χ0) is 34.0. The van der Waals surface area contributed by atoms with Crippen molar-refractivity contribution in [2.24, 2.45) is 13.0 Å². The Morgan fingerprint density at radius 3 is 2.61 bits per heavy atom. The fraction of sp³-hybridized carbons (Fsp3) is 0.656. The Labute approximate surface area is 273 Å². The van der Waals surface area contributed by atoms with E-state index >= 15 is 0 Å². The van der Waals surface area contributed by atoms with Crippen molar-refractivity contribution in [2.75, 3.05) is 58.7 Å². The van der Waals surface area contributed by atoms with Crippen LogP contribution in [-0.4, -0.2) is 122 Å². The van der Waals surface area contributed by atoms with Crippen LogP contribution in [0.1, 0.15) is 63.2 Å². The number of anilines is 1. The van der Waals surface area contributed by atoms with Gasteiger partial charge < -0.3 is 33.8 Å². The van der Waals surface area contributed by atoms with Crippen LogP contribution < -0.4 is 9.46 Å². The SMILES string of the molecule is C[C@@H]1CN([C@H](C)CO)C(=O)c2cc(NS(=O)(=O)c3cn(C)cn3)ccc2O[C@@H](C)CCCCO[C@@H]1CN(C)C(=O)CCCN(C)C. The number of sulfonamides is 1. The second kappa shape index (κ2) is 17.1. The number of nitrogens with zero attached hydrogens (tertiary/aromatic N) is 5. The minimum atomic E-state index is -4.01. The average molecular weight is 665 g/mol. The number of imidazole rings is 1.